The van der Waals surface area contributed by atoms with Gasteiger partial charge < -0.3 is 14.2 Å². The minimum atomic E-state index is -0.641. The number of cyclic esters (lactones) is 1. The molecule has 1 aliphatic heterocycles. The number of rotatable bonds is 9. The monoisotopic (exact) mass is 491 g/mol. The number of hydrogen-bond acceptors (Lipinski definition) is 5. The number of aryl methyl sites for hydroxylation is 2. The van der Waals surface area contributed by atoms with Crippen molar-refractivity contribution in [1.82, 2.24) is 4.90 Å². The van der Waals surface area contributed by atoms with E-state index in [-0.39, 0.29) is 36.8 Å². The summed E-state index contributed by atoms with van der Waals surface area (Å²) in [4.78, 5) is 24.8. The Kier molecular flexibility index (Phi) is 11.1. The van der Waals surface area contributed by atoms with Crippen LogP contribution >= 0.6 is 0 Å². The summed E-state index contributed by atoms with van der Waals surface area (Å²) in [6.07, 6.45) is 1.58. The number of ether oxygens (including phenoxy) is 3. The van der Waals surface area contributed by atoms with E-state index in [1.54, 1.807) is 19.9 Å². The fourth-order valence-electron chi connectivity index (χ4n) is 3.37. The van der Waals surface area contributed by atoms with Crippen molar-refractivity contribution in [2.24, 2.45) is 5.92 Å². The molecule has 0 aliphatic carbocycles. The molecular formula is C27H35F2NO5. The number of unbranched alkanes of at least 4 members (excludes halogenated alkanes) is 1. The predicted molar refractivity (Wildman–Crippen MR) is 129 cm³/mol. The number of hydrogen-bond donors (Lipinski definition) is 0. The van der Waals surface area contributed by atoms with Crippen LogP contribution in [0.25, 0.3) is 0 Å². The van der Waals surface area contributed by atoms with Crippen LogP contribution < -0.4 is 4.74 Å². The van der Waals surface area contributed by atoms with Crippen LogP contribution in [0.3, 0.4) is 0 Å². The SMILES string of the molecule is CCCCOCc1ccc(F)c(C)c1.Cc1cc(OCC(=O)N2C(=O)OCC2C(C)C)ccc1F. The van der Waals surface area contributed by atoms with Crippen molar-refractivity contribution in [3.63, 3.8) is 0 Å². The van der Waals surface area contributed by atoms with Gasteiger partial charge >= 0.3 is 6.09 Å². The Morgan fingerprint density at radius 2 is 1.77 bits per heavy atom. The Hall–Kier alpha value is -3.00. The molecule has 0 spiro atoms. The van der Waals surface area contributed by atoms with Gasteiger partial charge in [0, 0.05) is 6.61 Å². The summed E-state index contributed by atoms with van der Waals surface area (Å²) in [6.45, 7) is 10.6. The Labute approximate surface area is 206 Å². The van der Waals surface area contributed by atoms with Gasteiger partial charge in [-0.2, -0.15) is 0 Å². The van der Waals surface area contributed by atoms with Crippen LogP contribution in [0.5, 0.6) is 5.75 Å². The molecule has 3 rings (SSSR count). The predicted octanol–water partition coefficient (Wildman–Crippen LogP) is 5.97. The number of amides is 2. The van der Waals surface area contributed by atoms with Gasteiger partial charge in [-0.1, -0.05) is 39.3 Å². The summed E-state index contributed by atoms with van der Waals surface area (Å²) in [6, 6.07) is 9.05. The van der Waals surface area contributed by atoms with Crippen LogP contribution in [-0.4, -0.2) is 42.8 Å². The van der Waals surface area contributed by atoms with Crippen LogP contribution in [0.4, 0.5) is 13.6 Å². The molecule has 192 valence electrons. The van der Waals surface area contributed by atoms with Gasteiger partial charge in [0.15, 0.2) is 6.61 Å². The maximum atomic E-state index is 13.1. The van der Waals surface area contributed by atoms with Crippen LogP contribution in [0.1, 0.15) is 50.3 Å². The molecule has 0 radical (unpaired) electrons. The van der Waals surface area contributed by atoms with Gasteiger partial charge in [-0.05, 0) is 67.1 Å². The molecule has 0 aromatic heterocycles. The largest absolute Gasteiger partial charge is 0.484 e. The third-order valence-corrected chi connectivity index (χ3v) is 5.57. The summed E-state index contributed by atoms with van der Waals surface area (Å²) in [7, 11) is 0. The maximum Gasteiger partial charge on any atom is 0.417 e. The molecule has 1 saturated heterocycles. The fraction of sp³-hybridized carbons (Fsp3) is 0.481. The van der Waals surface area contributed by atoms with Gasteiger partial charge in [-0.25, -0.2) is 18.5 Å². The normalized spacial score (nSPS) is 15.0. The Balaban J connectivity index is 0.000000269. The molecule has 1 heterocycles. The van der Waals surface area contributed by atoms with E-state index in [9.17, 15) is 18.4 Å². The number of carbonyl (C=O) groups is 2. The first-order chi connectivity index (χ1) is 16.6. The molecule has 35 heavy (non-hydrogen) atoms. The summed E-state index contributed by atoms with van der Waals surface area (Å²) in [5.41, 5.74) is 2.15. The molecule has 0 bridgehead atoms. The van der Waals surface area contributed by atoms with Gasteiger partial charge in [0.1, 0.15) is 24.0 Å². The fourth-order valence-corrected chi connectivity index (χ4v) is 3.37. The Morgan fingerprint density at radius 3 is 2.37 bits per heavy atom. The van der Waals surface area contributed by atoms with Crippen molar-refractivity contribution in [1.29, 1.82) is 0 Å². The number of benzene rings is 2. The number of nitrogens with zero attached hydrogens (tertiary/aromatic N) is 1. The van der Waals surface area contributed by atoms with Crippen molar-refractivity contribution in [3.8, 4) is 5.75 Å². The van der Waals surface area contributed by atoms with Crippen molar-refractivity contribution in [3.05, 3.63) is 64.7 Å². The lowest BCUT2D eigenvalue weighted by Crippen LogP contribution is -2.44. The van der Waals surface area contributed by atoms with Gasteiger partial charge in [-0.15, -0.1) is 0 Å². The Bertz CT molecular complexity index is 996. The second-order valence-electron chi connectivity index (χ2n) is 8.84. The highest BCUT2D eigenvalue weighted by Crippen LogP contribution is 2.21. The van der Waals surface area contributed by atoms with E-state index in [4.69, 9.17) is 14.2 Å². The van der Waals surface area contributed by atoms with Crippen LogP contribution in [-0.2, 0) is 20.9 Å². The second kappa shape index (κ2) is 13.8. The molecule has 2 aromatic carbocycles. The zero-order valence-electron chi connectivity index (χ0n) is 21.1. The van der Waals surface area contributed by atoms with E-state index in [1.165, 1.54) is 24.3 Å². The van der Waals surface area contributed by atoms with E-state index in [2.05, 4.69) is 6.92 Å². The zero-order chi connectivity index (χ0) is 26.0. The molecule has 0 saturated carbocycles. The second-order valence-corrected chi connectivity index (χ2v) is 8.84. The number of halogens is 2. The topological polar surface area (TPSA) is 65.1 Å². The lowest BCUT2D eigenvalue weighted by Gasteiger charge is -2.22. The lowest BCUT2D eigenvalue weighted by molar-refractivity contribution is -0.131. The zero-order valence-corrected chi connectivity index (χ0v) is 21.1. The molecule has 1 unspecified atom stereocenters. The quantitative estimate of drug-likeness (QED) is 0.405. The van der Waals surface area contributed by atoms with Gasteiger partial charge in [-0.3, -0.25) is 4.79 Å². The molecule has 1 aliphatic rings. The Morgan fingerprint density at radius 1 is 1.11 bits per heavy atom. The van der Waals surface area contributed by atoms with E-state index in [0.29, 0.717) is 23.5 Å². The van der Waals surface area contributed by atoms with Crippen LogP contribution in [0, 0.1) is 31.4 Å². The highest BCUT2D eigenvalue weighted by atomic mass is 19.1. The van der Waals surface area contributed by atoms with Crippen LogP contribution in [0.2, 0.25) is 0 Å². The van der Waals surface area contributed by atoms with Crippen molar-refractivity contribution < 1.29 is 32.6 Å². The molecule has 2 amide bonds. The van der Waals surface area contributed by atoms with Gasteiger partial charge in [0.25, 0.3) is 5.91 Å². The highest BCUT2D eigenvalue weighted by Gasteiger charge is 2.39. The first kappa shape index (κ1) is 28.2. The molecule has 8 heteroatoms. The van der Waals surface area contributed by atoms with E-state index < -0.39 is 12.0 Å². The van der Waals surface area contributed by atoms with E-state index >= 15 is 0 Å². The molecule has 1 fully saturated rings. The minimum Gasteiger partial charge on any atom is -0.484 e. The summed E-state index contributed by atoms with van der Waals surface area (Å²) >= 11 is 0. The molecular weight excluding hydrogens is 456 g/mol. The van der Waals surface area contributed by atoms with E-state index in [0.717, 1.165) is 29.9 Å². The smallest absolute Gasteiger partial charge is 0.417 e. The number of imide groups is 1. The minimum absolute atomic E-state index is 0.105. The molecule has 2 aromatic rings. The van der Waals surface area contributed by atoms with Gasteiger partial charge in [0.05, 0.1) is 12.6 Å². The molecule has 6 nitrogen and oxygen atoms in total. The summed E-state index contributed by atoms with van der Waals surface area (Å²) in [5.74, 6) is -0.457. The third kappa shape index (κ3) is 8.62. The van der Waals surface area contributed by atoms with Crippen molar-refractivity contribution >= 4 is 12.0 Å². The average Bonchev–Trinajstić information content (AvgIpc) is 3.22. The molecule has 1 atom stereocenters. The van der Waals surface area contributed by atoms with Crippen molar-refractivity contribution in [2.75, 3.05) is 19.8 Å². The molecule has 0 N–H and O–H groups in total. The maximum absolute atomic E-state index is 13.1. The lowest BCUT2D eigenvalue weighted by atomic mass is 10.0. The highest BCUT2D eigenvalue weighted by molar-refractivity contribution is 5.94. The summed E-state index contributed by atoms with van der Waals surface area (Å²) in [5, 5.41) is 0. The first-order valence-corrected chi connectivity index (χ1v) is 11.8. The standard InChI is InChI=1S/C15H18FNO4.C12H17FO/c1-9(2)13-7-21-15(19)17(13)14(18)8-20-11-4-5-12(16)10(3)6-11;1-3-4-7-14-9-11-5-6-12(13)10(2)8-11/h4-6,9,13H,7-8H2,1-3H3;5-6,8H,3-4,7,9H2,1-2H3. The van der Waals surface area contributed by atoms with Gasteiger partial charge in [0.2, 0.25) is 0 Å². The van der Waals surface area contributed by atoms with E-state index in [1.807, 2.05) is 19.9 Å². The first-order valence-electron chi connectivity index (χ1n) is 11.8. The number of carbonyl (C=O) groups excluding carboxylic acids is 2. The average molecular weight is 492 g/mol. The van der Waals surface area contributed by atoms with Crippen molar-refractivity contribution in [2.45, 2.75) is 60.1 Å². The van der Waals surface area contributed by atoms with Crippen LogP contribution in [0.15, 0.2) is 36.4 Å². The third-order valence-electron chi connectivity index (χ3n) is 5.57. The summed E-state index contributed by atoms with van der Waals surface area (Å²) < 4.78 is 41.7.